The number of esters is 1. The average molecular weight is 592 g/mol. The van der Waals surface area contributed by atoms with Gasteiger partial charge in [-0.1, -0.05) is 69.2 Å². The van der Waals surface area contributed by atoms with Crippen molar-refractivity contribution in [1.29, 1.82) is 0 Å². The molecule has 226 valence electrons. The van der Waals surface area contributed by atoms with E-state index in [9.17, 15) is 4.79 Å². The molecule has 0 radical (unpaired) electrons. The van der Waals surface area contributed by atoms with Crippen LogP contribution in [-0.2, 0) is 27.5 Å². The number of ether oxygens (including phenoxy) is 2. The summed E-state index contributed by atoms with van der Waals surface area (Å²) in [6, 6.07) is 0. The van der Waals surface area contributed by atoms with Crippen molar-refractivity contribution in [3.63, 3.8) is 0 Å². The first-order valence-corrected chi connectivity index (χ1v) is 22.9. The molecule has 0 aliphatic carbocycles. The molecular formula is C28H61NO6Si3. The summed E-state index contributed by atoms with van der Waals surface area (Å²) in [5.41, 5.74) is 0. The molecule has 0 amide bonds. The van der Waals surface area contributed by atoms with Gasteiger partial charge in [0.25, 0.3) is 0 Å². The normalized spacial score (nSPS) is 25.1. The number of hydrogen-bond donors (Lipinski definition) is 0. The van der Waals surface area contributed by atoms with Crippen molar-refractivity contribution in [2.24, 2.45) is 5.92 Å². The molecule has 1 rings (SSSR count). The van der Waals surface area contributed by atoms with E-state index in [2.05, 4.69) is 102 Å². The Labute approximate surface area is 238 Å². The summed E-state index contributed by atoms with van der Waals surface area (Å²) < 4.78 is 33.5. The van der Waals surface area contributed by atoms with Gasteiger partial charge >= 0.3 is 5.97 Å². The molecule has 0 aromatic heterocycles. The number of hydrogen-bond acceptors (Lipinski definition) is 7. The van der Waals surface area contributed by atoms with Gasteiger partial charge in [-0.3, -0.25) is 4.79 Å². The van der Waals surface area contributed by atoms with Crippen molar-refractivity contribution in [1.82, 2.24) is 4.90 Å². The lowest BCUT2D eigenvalue weighted by Gasteiger charge is -2.45. The highest BCUT2D eigenvalue weighted by Crippen LogP contribution is 2.46. The van der Waals surface area contributed by atoms with E-state index in [-0.39, 0.29) is 27.0 Å². The minimum atomic E-state index is -2.29. The zero-order valence-corrected chi connectivity index (χ0v) is 31.0. The van der Waals surface area contributed by atoms with Crippen LogP contribution in [0.5, 0.6) is 0 Å². The Kier molecular flexibility index (Phi) is 11.4. The fourth-order valence-corrected chi connectivity index (χ4v) is 7.07. The molecular weight excluding hydrogens is 531 g/mol. The molecule has 0 aromatic rings. The SMILES string of the molecule is CC(CN(C)C)C(=O)O[C@H]1O[C@@H](O[Si](C)(C)C(C)(C)C)[C@H](O[Si](C)(C)C(C)(C)C)[C@H]1O[Si](C)(C)C(C)(C)C. The van der Waals surface area contributed by atoms with Gasteiger partial charge in [0, 0.05) is 6.54 Å². The molecule has 1 aliphatic heterocycles. The van der Waals surface area contributed by atoms with Crippen molar-refractivity contribution in [2.75, 3.05) is 20.6 Å². The first kappa shape index (κ1) is 35.9. The molecule has 38 heavy (non-hydrogen) atoms. The van der Waals surface area contributed by atoms with Crippen LogP contribution in [0, 0.1) is 5.92 Å². The summed E-state index contributed by atoms with van der Waals surface area (Å²) in [5.74, 6) is -0.603. The van der Waals surface area contributed by atoms with E-state index < -0.39 is 49.7 Å². The number of carbonyl (C=O) groups is 1. The quantitative estimate of drug-likeness (QED) is 0.196. The van der Waals surface area contributed by atoms with Crippen molar-refractivity contribution >= 4 is 30.9 Å². The number of nitrogens with zero attached hydrogens (tertiary/aromatic N) is 1. The summed E-state index contributed by atoms with van der Waals surface area (Å²) in [4.78, 5) is 15.2. The van der Waals surface area contributed by atoms with Crippen LogP contribution in [0.3, 0.4) is 0 Å². The van der Waals surface area contributed by atoms with E-state index in [1.807, 2.05) is 25.9 Å². The van der Waals surface area contributed by atoms with Crippen molar-refractivity contribution in [3.05, 3.63) is 0 Å². The highest BCUT2D eigenvalue weighted by atomic mass is 28.4. The molecule has 1 unspecified atom stereocenters. The van der Waals surface area contributed by atoms with Crippen LogP contribution >= 0.6 is 0 Å². The second kappa shape index (κ2) is 12.0. The van der Waals surface area contributed by atoms with Gasteiger partial charge < -0.3 is 27.7 Å². The summed E-state index contributed by atoms with van der Waals surface area (Å²) in [6.45, 7) is 35.7. The van der Waals surface area contributed by atoms with Gasteiger partial charge in [-0.25, -0.2) is 0 Å². The maximum atomic E-state index is 13.2. The Morgan fingerprint density at radius 3 is 1.39 bits per heavy atom. The van der Waals surface area contributed by atoms with Crippen LogP contribution in [0.25, 0.3) is 0 Å². The molecule has 5 atom stereocenters. The monoisotopic (exact) mass is 591 g/mol. The third-order valence-corrected chi connectivity index (χ3v) is 22.5. The Balaban J connectivity index is 3.60. The second-order valence-corrected chi connectivity index (χ2v) is 30.3. The lowest BCUT2D eigenvalue weighted by Crippen LogP contribution is -2.56. The van der Waals surface area contributed by atoms with Gasteiger partial charge in [-0.05, 0) is 68.5 Å². The summed E-state index contributed by atoms with van der Waals surface area (Å²) >= 11 is 0. The van der Waals surface area contributed by atoms with Crippen LogP contribution in [-0.4, -0.2) is 81.2 Å². The third-order valence-electron chi connectivity index (χ3n) is 9.09. The molecule has 1 aliphatic rings. The highest BCUT2D eigenvalue weighted by molar-refractivity contribution is 6.75. The molecule has 10 heteroatoms. The van der Waals surface area contributed by atoms with E-state index in [0.29, 0.717) is 6.54 Å². The van der Waals surface area contributed by atoms with Crippen LogP contribution in [0.15, 0.2) is 0 Å². The van der Waals surface area contributed by atoms with E-state index >= 15 is 0 Å². The lowest BCUT2D eigenvalue weighted by molar-refractivity contribution is -0.208. The largest absolute Gasteiger partial charge is 0.432 e. The first-order valence-electron chi connectivity index (χ1n) is 14.2. The number of carbonyl (C=O) groups excluding carboxylic acids is 1. The predicted octanol–water partition coefficient (Wildman–Crippen LogP) is 7.21. The molecule has 0 bridgehead atoms. The molecule has 0 saturated carbocycles. The van der Waals surface area contributed by atoms with Gasteiger partial charge in [0.05, 0.1) is 5.92 Å². The molecule has 0 N–H and O–H groups in total. The smallest absolute Gasteiger partial charge is 0.312 e. The first-order chi connectivity index (χ1) is 16.6. The molecule has 1 heterocycles. The Bertz CT molecular complexity index is 796. The molecule has 1 saturated heterocycles. The average Bonchev–Trinajstić information content (AvgIpc) is 2.93. The standard InChI is InChI=1S/C28H61NO6Si3/c1-20(19-29(11)12)23(30)31-24-21(33-36(13,14)26(2,3)4)22(34-37(15,16)27(5,6)7)25(32-24)35-38(17,18)28(8,9)10/h20-22,24-25H,19H2,1-18H3/t20?,21-,22-,24+,25+/m1/s1. The van der Waals surface area contributed by atoms with Gasteiger partial charge in [0.1, 0.15) is 12.2 Å². The van der Waals surface area contributed by atoms with Gasteiger partial charge in [0.2, 0.25) is 6.29 Å². The summed E-state index contributed by atoms with van der Waals surface area (Å²) in [5, 5.41) is -0.0899. The van der Waals surface area contributed by atoms with E-state index in [4.69, 9.17) is 22.8 Å². The second-order valence-electron chi connectivity index (χ2n) is 16.0. The minimum Gasteiger partial charge on any atom is -0.432 e. The molecule has 0 spiro atoms. The van der Waals surface area contributed by atoms with Crippen LogP contribution < -0.4 is 0 Å². The fourth-order valence-electron chi connectivity index (χ4n) is 3.39. The van der Waals surface area contributed by atoms with Gasteiger partial charge in [-0.2, -0.15) is 0 Å². The van der Waals surface area contributed by atoms with Crippen LogP contribution in [0.2, 0.25) is 54.4 Å². The molecule has 7 nitrogen and oxygen atoms in total. The minimum absolute atomic E-state index is 0.0228. The molecule has 1 fully saturated rings. The number of rotatable bonds is 10. The summed E-state index contributed by atoms with van der Waals surface area (Å²) in [6.07, 6.45) is -2.65. The molecule has 0 aromatic carbocycles. The zero-order valence-electron chi connectivity index (χ0n) is 28.0. The Morgan fingerprint density at radius 1 is 0.711 bits per heavy atom. The van der Waals surface area contributed by atoms with Gasteiger partial charge in [0.15, 0.2) is 31.2 Å². The fraction of sp³-hybridized carbons (Fsp3) is 0.964. The van der Waals surface area contributed by atoms with E-state index in [1.54, 1.807) is 0 Å². The maximum Gasteiger partial charge on any atom is 0.312 e. The van der Waals surface area contributed by atoms with Gasteiger partial charge in [-0.15, -0.1) is 0 Å². The Hall–Kier alpha value is -0.0794. The topological polar surface area (TPSA) is 66.5 Å². The zero-order chi connectivity index (χ0) is 30.3. The predicted molar refractivity (Wildman–Crippen MR) is 165 cm³/mol. The highest BCUT2D eigenvalue weighted by Gasteiger charge is 2.57. The van der Waals surface area contributed by atoms with Crippen molar-refractivity contribution in [3.8, 4) is 0 Å². The third kappa shape index (κ3) is 8.96. The van der Waals surface area contributed by atoms with E-state index in [0.717, 1.165) is 0 Å². The van der Waals surface area contributed by atoms with Crippen LogP contribution in [0.4, 0.5) is 0 Å². The maximum absolute atomic E-state index is 13.2. The van der Waals surface area contributed by atoms with Crippen LogP contribution in [0.1, 0.15) is 69.2 Å². The van der Waals surface area contributed by atoms with E-state index in [1.165, 1.54) is 0 Å². The Morgan fingerprint density at radius 2 is 1.05 bits per heavy atom. The summed E-state index contributed by atoms with van der Waals surface area (Å²) in [7, 11) is -2.91. The lowest BCUT2D eigenvalue weighted by atomic mass is 10.2. The van der Waals surface area contributed by atoms with Crippen molar-refractivity contribution < 1.29 is 27.5 Å². The van der Waals surface area contributed by atoms with Crippen molar-refractivity contribution in [2.45, 2.75) is 148 Å².